The normalized spacial score (nSPS) is 27.4. The molecule has 10 nitrogen and oxygen atoms in total. The lowest BCUT2D eigenvalue weighted by Crippen LogP contribution is -2.31. The number of fused-ring (bicyclic) bond motifs is 2. The zero-order valence-corrected chi connectivity index (χ0v) is 16.6. The molecule has 1 aromatic carbocycles. The number of phenols is 1. The monoisotopic (exact) mass is 413 g/mol. The van der Waals surface area contributed by atoms with Crippen molar-refractivity contribution in [3.63, 3.8) is 0 Å². The molecule has 0 radical (unpaired) electrons. The molecule has 0 spiro atoms. The third kappa shape index (κ3) is 3.27. The Labute approximate surface area is 172 Å². The van der Waals surface area contributed by atoms with Gasteiger partial charge in [0.25, 0.3) is 0 Å². The number of aliphatic hydroxyl groups is 1. The number of nitrogens with zero attached hydrogens (tertiary/aromatic N) is 4. The minimum Gasteiger partial charge on any atom is -0.508 e. The fraction of sp³-hybridized carbons (Fsp3) is 0.450. The Morgan fingerprint density at radius 1 is 1.10 bits per heavy atom. The SMILES string of the molecule is CC1(C)OC2C(CO)OC(n3cnc4c(NCc5ccc(O)cc5)ncnc43)C2O1. The number of nitrogens with one attached hydrogen (secondary N) is 1. The lowest BCUT2D eigenvalue weighted by Gasteiger charge is -2.24. The number of anilines is 1. The van der Waals surface area contributed by atoms with Crippen LogP contribution < -0.4 is 5.32 Å². The van der Waals surface area contributed by atoms with E-state index in [1.165, 1.54) is 6.33 Å². The Hall–Kier alpha value is -2.79. The van der Waals surface area contributed by atoms with Crippen LogP contribution in [-0.4, -0.2) is 60.4 Å². The summed E-state index contributed by atoms with van der Waals surface area (Å²) in [7, 11) is 0. The number of phenolic OH excluding ortho intramolecular Hbond substituents is 1. The summed E-state index contributed by atoms with van der Waals surface area (Å²) in [5.74, 6) is 0.0516. The topological polar surface area (TPSA) is 124 Å². The quantitative estimate of drug-likeness (QED) is 0.571. The van der Waals surface area contributed by atoms with Crippen molar-refractivity contribution in [2.45, 2.75) is 50.7 Å². The molecule has 0 amide bonds. The van der Waals surface area contributed by atoms with Gasteiger partial charge in [-0.2, -0.15) is 0 Å². The van der Waals surface area contributed by atoms with Gasteiger partial charge in [-0.3, -0.25) is 4.57 Å². The van der Waals surface area contributed by atoms with Gasteiger partial charge in [0.05, 0.1) is 12.9 Å². The summed E-state index contributed by atoms with van der Waals surface area (Å²) in [6.07, 6.45) is 1.32. The van der Waals surface area contributed by atoms with Crippen LogP contribution in [0.2, 0.25) is 0 Å². The zero-order chi connectivity index (χ0) is 20.9. The summed E-state index contributed by atoms with van der Waals surface area (Å²) >= 11 is 0. The van der Waals surface area contributed by atoms with Crippen LogP contribution in [-0.2, 0) is 20.8 Å². The van der Waals surface area contributed by atoms with Gasteiger partial charge in [0.15, 0.2) is 29.0 Å². The highest BCUT2D eigenvalue weighted by Gasteiger charge is 2.55. The summed E-state index contributed by atoms with van der Waals surface area (Å²) in [5, 5.41) is 22.4. The van der Waals surface area contributed by atoms with E-state index in [0.717, 1.165) is 5.56 Å². The van der Waals surface area contributed by atoms with Crippen LogP contribution in [0, 0.1) is 0 Å². The molecule has 10 heteroatoms. The van der Waals surface area contributed by atoms with Crippen molar-refractivity contribution in [1.82, 2.24) is 19.5 Å². The Kier molecular flexibility index (Phi) is 4.58. The summed E-state index contributed by atoms with van der Waals surface area (Å²) in [4.78, 5) is 13.2. The molecule has 158 valence electrons. The van der Waals surface area contributed by atoms with Crippen molar-refractivity contribution in [1.29, 1.82) is 0 Å². The van der Waals surface area contributed by atoms with Gasteiger partial charge in [-0.25, -0.2) is 15.0 Å². The molecule has 4 atom stereocenters. The average molecular weight is 413 g/mol. The van der Waals surface area contributed by atoms with Crippen LogP contribution in [0.25, 0.3) is 11.2 Å². The number of imidazole rings is 1. The molecule has 2 aromatic heterocycles. The molecule has 0 bridgehead atoms. The van der Waals surface area contributed by atoms with Gasteiger partial charge in [-0.05, 0) is 31.5 Å². The van der Waals surface area contributed by atoms with E-state index in [2.05, 4.69) is 20.3 Å². The Bertz CT molecular complexity index is 1050. The second-order valence-corrected chi connectivity index (χ2v) is 7.88. The Morgan fingerprint density at radius 3 is 2.63 bits per heavy atom. The third-order valence-corrected chi connectivity index (χ3v) is 5.33. The number of aromatic nitrogens is 4. The number of hydrogen-bond acceptors (Lipinski definition) is 9. The molecule has 2 aliphatic heterocycles. The van der Waals surface area contributed by atoms with E-state index in [1.54, 1.807) is 23.0 Å². The number of rotatable bonds is 5. The second kappa shape index (κ2) is 7.17. The molecule has 5 rings (SSSR count). The largest absolute Gasteiger partial charge is 0.508 e. The van der Waals surface area contributed by atoms with Gasteiger partial charge in [0.2, 0.25) is 0 Å². The minimum atomic E-state index is -0.757. The van der Waals surface area contributed by atoms with E-state index in [-0.39, 0.29) is 18.5 Å². The summed E-state index contributed by atoms with van der Waals surface area (Å²) < 4.78 is 19.8. The molecule has 30 heavy (non-hydrogen) atoms. The first-order valence-corrected chi connectivity index (χ1v) is 9.76. The first kappa shape index (κ1) is 19.2. The van der Waals surface area contributed by atoms with E-state index < -0.39 is 24.2 Å². The maximum Gasteiger partial charge on any atom is 0.167 e. The lowest BCUT2D eigenvalue weighted by molar-refractivity contribution is -0.199. The highest BCUT2D eigenvalue weighted by atomic mass is 16.8. The summed E-state index contributed by atoms with van der Waals surface area (Å²) in [6.45, 7) is 4.03. The fourth-order valence-corrected chi connectivity index (χ4v) is 4.00. The van der Waals surface area contributed by atoms with Crippen molar-refractivity contribution in [2.24, 2.45) is 0 Å². The maximum absolute atomic E-state index is 9.71. The van der Waals surface area contributed by atoms with Crippen molar-refractivity contribution in [3.05, 3.63) is 42.5 Å². The van der Waals surface area contributed by atoms with Crippen LogP contribution >= 0.6 is 0 Å². The summed E-state index contributed by atoms with van der Waals surface area (Å²) in [5.41, 5.74) is 2.18. The molecule has 2 aliphatic rings. The van der Waals surface area contributed by atoms with Gasteiger partial charge in [-0.15, -0.1) is 0 Å². The fourth-order valence-electron chi connectivity index (χ4n) is 4.00. The highest BCUT2D eigenvalue weighted by Crippen LogP contribution is 2.43. The van der Waals surface area contributed by atoms with Gasteiger partial charge in [0, 0.05) is 6.54 Å². The highest BCUT2D eigenvalue weighted by molar-refractivity contribution is 5.82. The van der Waals surface area contributed by atoms with Crippen LogP contribution in [0.3, 0.4) is 0 Å². The average Bonchev–Trinajstić information content (AvgIpc) is 3.38. The van der Waals surface area contributed by atoms with E-state index >= 15 is 0 Å². The molecular weight excluding hydrogens is 390 g/mol. The molecule has 0 saturated carbocycles. The first-order valence-electron chi connectivity index (χ1n) is 9.76. The maximum atomic E-state index is 9.71. The third-order valence-electron chi connectivity index (χ3n) is 5.33. The van der Waals surface area contributed by atoms with Crippen molar-refractivity contribution in [2.75, 3.05) is 11.9 Å². The van der Waals surface area contributed by atoms with E-state index in [1.807, 2.05) is 26.0 Å². The number of aliphatic hydroxyl groups excluding tert-OH is 1. The van der Waals surface area contributed by atoms with Crippen LogP contribution in [0.1, 0.15) is 25.6 Å². The predicted octanol–water partition coefficient (Wildman–Crippen LogP) is 1.55. The van der Waals surface area contributed by atoms with Crippen LogP contribution in [0.5, 0.6) is 5.75 Å². The molecular formula is C20H23N5O5. The molecule has 2 fully saturated rings. The van der Waals surface area contributed by atoms with E-state index in [9.17, 15) is 10.2 Å². The Morgan fingerprint density at radius 2 is 1.87 bits per heavy atom. The molecule has 4 unspecified atom stereocenters. The summed E-state index contributed by atoms with van der Waals surface area (Å²) in [6, 6.07) is 6.94. The minimum absolute atomic E-state index is 0.168. The number of aromatic hydroxyl groups is 1. The second-order valence-electron chi connectivity index (χ2n) is 7.88. The Balaban J connectivity index is 1.42. The van der Waals surface area contributed by atoms with Crippen molar-refractivity contribution < 1.29 is 24.4 Å². The number of hydrogen-bond donors (Lipinski definition) is 3. The van der Waals surface area contributed by atoms with Crippen molar-refractivity contribution >= 4 is 17.0 Å². The van der Waals surface area contributed by atoms with Gasteiger partial charge in [-0.1, -0.05) is 12.1 Å². The van der Waals surface area contributed by atoms with Gasteiger partial charge >= 0.3 is 0 Å². The standard InChI is InChI=1S/C20H23N5O5/c1-20(2)29-15-13(8-26)28-19(16(15)30-20)25-10-24-14-17(22-9-23-18(14)25)21-7-11-3-5-12(27)6-4-11/h3-6,9-10,13,15-16,19,26-27H,7-8H2,1-2H3,(H,21,22,23). The number of ether oxygens (including phenoxy) is 3. The van der Waals surface area contributed by atoms with Crippen LogP contribution in [0.4, 0.5) is 5.82 Å². The first-order chi connectivity index (χ1) is 14.4. The zero-order valence-electron chi connectivity index (χ0n) is 16.6. The van der Waals surface area contributed by atoms with Gasteiger partial charge in [0.1, 0.15) is 30.4 Å². The molecule has 3 N–H and O–H groups in total. The molecule has 2 saturated heterocycles. The van der Waals surface area contributed by atoms with E-state index in [4.69, 9.17) is 14.2 Å². The van der Waals surface area contributed by atoms with E-state index in [0.29, 0.717) is 23.5 Å². The van der Waals surface area contributed by atoms with Gasteiger partial charge < -0.3 is 29.7 Å². The lowest BCUT2D eigenvalue weighted by atomic mass is 10.1. The number of benzene rings is 1. The molecule has 4 heterocycles. The van der Waals surface area contributed by atoms with Crippen LogP contribution in [0.15, 0.2) is 36.9 Å². The smallest absolute Gasteiger partial charge is 0.167 e. The molecule has 0 aliphatic carbocycles. The van der Waals surface area contributed by atoms with Crippen molar-refractivity contribution in [3.8, 4) is 5.75 Å². The predicted molar refractivity (Wildman–Crippen MR) is 106 cm³/mol. The molecule has 3 aromatic rings.